The van der Waals surface area contributed by atoms with Gasteiger partial charge in [0.05, 0.1) is 31.5 Å². The lowest BCUT2D eigenvalue weighted by Crippen LogP contribution is -2.17. The average Bonchev–Trinajstić information content (AvgIpc) is 3.26. The highest BCUT2D eigenvalue weighted by atomic mass is 32.2. The number of thioether (sulfide) groups is 1. The molecular weight excluding hydrogens is 424 g/mol. The summed E-state index contributed by atoms with van der Waals surface area (Å²) >= 11 is 1.62. The third kappa shape index (κ3) is 4.92. The van der Waals surface area contributed by atoms with Gasteiger partial charge >= 0.3 is 0 Å². The zero-order valence-corrected chi connectivity index (χ0v) is 18.5. The van der Waals surface area contributed by atoms with Crippen molar-refractivity contribution in [2.45, 2.75) is 10.9 Å². The molecule has 0 saturated carbocycles. The van der Waals surface area contributed by atoms with Crippen molar-refractivity contribution >= 4 is 34.9 Å². The van der Waals surface area contributed by atoms with Crippen LogP contribution in [-0.4, -0.2) is 36.3 Å². The maximum absolute atomic E-state index is 12.4. The summed E-state index contributed by atoms with van der Waals surface area (Å²) in [5.74, 6) is 1.60. The Morgan fingerprint density at radius 2 is 1.88 bits per heavy atom. The predicted octanol–water partition coefficient (Wildman–Crippen LogP) is 4.64. The molecule has 7 nitrogen and oxygen atoms in total. The van der Waals surface area contributed by atoms with E-state index in [1.54, 1.807) is 44.2 Å². The minimum Gasteiger partial charge on any atom is -0.493 e. The van der Waals surface area contributed by atoms with Gasteiger partial charge in [0, 0.05) is 16.9 Å². The number of H-pyrrole nitrogens is 1. The van der Waals surface area contributed by atoms with E-state index in [4.69, 9.17) is 9.47 Å². The van der Waals surface area contributed by atoms with Crippen molar-refractivity contribution < 1.29 is 14.3 Å². The average molecular weight is 447 g/mol. The SMILES string of the molecule is COc1cccc(/C=N/NC(=O)c2ccc(CSc3nc4ccccc4[nH]3)cc2)c1OC. The van der Waals surface area contributed by atoms with Gasteiger partial charge in [-0.2, -0.15) is 5.10 Å². The van der Waals surface area contributed by atoms with Crippen LogP contribution >= 0.6 is 11.8 Å². The smallest absolute Gasteiger partial charge is 0.271 e. The van der Waals surface area contributed by atoms with E-state index in [1.807, 2.05) is 48.5 Å². The third-order valence-electron chi connectivity index (χ3n) is 4.76. The van der Waals surface area contributed by atoms with Crippen LogP contribution < -0.4 is 14.9 Å². The molecule has 0 bridgehead atoms. The molecule has 0 unspecified atom stereocenters. The first-order chi connectivity index (χ1) is 15.7. The van der Waals surface area contributed by atoms with Gasteiger partial charge in [-0.05, 0) is 42.0 Å². The fourth-order valence-corrected chi connectivity index (χ4v) is 3.98. The van der Waals surface area contributed by atoms with E-state index in [1.165, 1.54) is 6.21 Å². The van der Waals surface area contributed by atoms with Crippen LogP contribution in [0.15, 0.2) is 77.0 Å². The minimum absolute atomic E-state index is 0.292. The number of amides is 1. The second-order valence-corrected chi connectivity index (χ2v) is 7.79. The number of nitrogens with zero attached hydrogens (tertiary/aromatic N) is 2. The molecule has 8 heteroatoms. The number of ether oxygens (including phenoxy) is 2. The molecule has 2 N–H and O–H groups in total. The van der Waals surface area contributed by atoms with Crippen molar-refractivity contribution in [1.29, 1.82) is 0 Å². The summed E-state index contributed by atoms with van der Waals surface area (Å²) in [4.78, 5) is 20.3. The molecule has 1 aromatic heterocycles. The lowest BCUT2D eigenvalue weighted by Gasteiger charge is -2.09. The monoisotopic (exact) mass is 446 g/mol. The van der Waals surface area contributed by atoms with E-state index in [0.29, 0.717) is 22.6 Å². The normalized spacial score (nSPS) is 11.1. The van der Waals surface area contributed by atoms with Gasteiger partial charge in [0.15, 0.2) is 16.7 Å². The standard InChI is InChI=1S/C24H22N4O3S/c1-30-21-9-5-6-18(22(21)31-2)14-25-28-23(29)17-12-10-16(11-13-17)15-32-24-26-19-7-3-4-8-20(19)27-24/h3-14H,15H2,1-2H3,(H,26,27)(H,28,29)/b25-14+. The van der Waals surface area contributed by atoms with Gasteiger partial charge in [-0.1, -0.05) is 42.1 Å². The number of rotatable bonds is 8. The number of aromatic amines is 1. The molecule has 0 spiro atoms. The van der Waals surface area contributed by atoms with E-state index < -0.39 is 0 Å². The lowest BCUT2D eigenvalue weighted by molar-refractivity contribution is 0.0955. The second kappa shape index (κ2) is 10.0. The van der Waals surface area contributed by atoms with Crippen LogP contribution in [0.3, 0.4) is 0 Å². The van der Waals surface area contributed by atoms with Crippen LogP contribution in [0.5, 0.6) is 11.5 Å². The summed E-state index contributed by atoms with van der Waals surface area (Å²) in [6, 6.07) is 20.8. The number of hydrazone groups is 1. The Morgan fingerprint density at radius 3 is 2.62 bits per heavy atom. The number of imidazole rings is 1. The Bertz CT molecular complexity index is 1220. The molecular formula is C24H22N4O3S. The van der Waals surface area contributed by atoms with Crippen LogP contribution in [0.25, 0.3) is 11.0 Å². The molecule has 3 aromatic carbocycles. The second-order valence-electron chi connectivity index (χ2n) is 6.83. The highest BCUT2D eigenvalue weighted by Crippen LogP contribution is 2.29. The number of carbonyl (C=O) groups is 1. The number of aromatic nitrogens is 2. The van der Waals surface area contributed by atoms with Gasteiger partial charge < -0.3 is 14.5 Å². The van der Waals surface area contributed by atoms with Crippen LogP contribution in [-0.2, 0) is 5.75 Å². The highest BCUT2D eigenvalue weighted by molar-refractivity contribution is 7.98. The number of para-hydroxylation sites is 3. The topological polar surface area (TPSA) is 88.6 Å². The van der Waals surface area contributed by atoms with Crippen molar-refractivity contribution in [3.8, 4) is 11.5 Å². The van der Waals surface area contributed by atoms with Crippen molar-refractivity contribution in [2.75, 3.05) is 14.2 Å². The molecule has 4 aromatic rings. The molecule has 0 saturated heterocycles. The minimum atomic E-state index is -0.292. The molecule has 0 radical (unpaired) electrons. The van der Waals surface area contributed by atoms with Gasteiger partial charge in [-0.25, -0.2) is 10.4 Å². The van der Waals surface area contributed by atoms with Gasteiger partial charge in [-0.3, -0.25) is 4.79 Å². The van der Waals surface area contributed by atoms with E-state index >= 15 is 0 Å². The molecule has 0 aliphatic rings. The van der Waals surface area contributed by atoms with E-state index in [9.17, 15) is 4.79 Å². The molecule has 162 valence electrons. The molecule has 4 rings (SSSR count). The van der Waals surface area contributed by atoms with Crippen molar-refractivity contribution in [3.63, 3.8) is 0 Å². The van der Waals surface area contributed by atoms with Gasteiger partial charge in [-0.15, -0.1) is 0 Å². The zero-order valence-electron chi connectivity index (χ0n) is 17.7. The molecule has 32 heavy (non-hydrogen) atoms. The molecule has 0 aliphatic heterocycles. The predicted molar refractivity (Wildman–Crippen MR) is 127 cm³/mol. The molecule has 0 atom stereocenters. The molecule has 0 aliphatic carbocycles. The Labute approximate surface area is 189 Å². The van der Waals surface area contributed by atoms with Crippen LogP contribution in [0.1, 0.15) is 21.5 Å². The first-order valence-corrected chi connectivity index (χ1v) is 10.9. The molecule has 1 heterocycles. The number of carbonyl (C=O) groups excluding carboxylic acids is 1. The Hall–Kier alpha value is -3.78. The summed E-state index contributed by atoms with van der Waals surface area (Å²) in [7, 11) is 3.13. The largest absolute Gasteiger partial charge is 0.493 e. The molecule has 0 fully saturated rings. The van der Waals surface area contributed by atoms with Crippen LogP contribution in [0, 0.1) is 0 Å². The first kappa shape index (κ1) is 21.5. The lowest BCUT2D eigenvalue weighted by atomic mass is 10.1. The maximum atomic E-state index is 12.4. The summed E-state index contributed by atoms with van der Waals surface area (Å²) in [5.41, 5.74) is 6.84. The fourth-order valence-electron chi connectivity index (χ4n) is 3.14. The van der Waals surface area contributed by atoms with Gasteiger partial charge in [0.2, 0.25) is 0 Å². The van der Waals surface area contributed by atoms with Gasteiger partial charge in [0.1, 0.15) is 0 Å². The Morgan fingerprint density at radius 1 is 1.06 bits per heavy atom. The summed E-state index contributed by atoms with van der Waals surface area (Å²) in [6.07, 6.45) is 1.53. The number of hydrogen-bond donors (Lipinski definition) is 2. The maximum Gasteiger partial charge on any atom is 0.271 e. The summed E-state index contributed by atoms with van der Waals surface area (Å²) < 4.78 is 10.6. The number of hydrogen-bond acceptors (Lipinski definition) is 6. The first-order valence-electron chi connectivity index (χ1n) is 9.89. The fraction of sp³-hybridized carbons (Fsp3) is 0.125. The van der Waals surface area contributed by atoms with Crippen LogP contribution in [0.4, 0.5) is 0 Å². The summed E-state index contributed by atoms with van der Waals surface area (Å²) in [5, 5.41) is 4.92. The Kier molecular flexibility index (Phi) is 6.72. The van der Waals surface area contributed by atoms with E-state index in [-0.39, 0.29) is 5.91 Å². The zero-order chi connectivity index (χ0) is 22.3. The third-order valence-corrected chi connectivity index (χ3v) is 5.71. The van der Waals surface area contributed by atoms with Crippen molar-refractivity contribution in [3.05, 3.63) is 83.4 Å². The van der Waals surface area contributed by atoms with Gasteiger partial charge in [0.25, 0.3) is 5.91 Å². The quantitative estimate of drug-likeness (QED) is 0.234. The van der Waals surface area contributed by atoms with Crippen molar-refractivity contribution in [2.24, 2.45) is 5.10 Å². The van der Waals surface area contributed by atoms with Crippen LogP contribution in [0.2, 0.25) is 0 Å². The number of fused-ring (bicyclic) bond motifs is 1. The van der Waals surface area contributed by atoms with E-state index in [2.05, 4.69) is 20.5 Å². The number of methoxy groups -OCH3 is 2. The Balaban J connectivity index is 1.34. The highest BCUT2D eigenvalue weighted by Gasteiger charge is 2.09. The molecule has 1 amide bonds. The van der Waals surface area contributed by atoms with E-state index in [0.717, 1.165) is 27.5 Å². The number of benzene rings is 3. The van der Waals surface area contributed by atoms with Crippen molar-refractivity contribution in [1.82, 2.24) is 15.4 Å². The number of nitrogens with one attached hydrogen (secondary N) is 2. The summed E-state index contributed by atoms with van der Waals surface area (Å²) in [6.45, 7) is 0.